The molecule has 2 atom stereocenters. The Labute approximate surface area is 137 Å². The normalized spacial score (nSPS) is 18.6. The van der Waals surface area contributed by atoms with Crippen molar-refractivity contribution in [3.63, 3.8) is 0 Å². The van der Waals surface area contributed by atoms with E-state index in [0.717, 1.165) is 37.4 Å². The molecule has 5 heteroatoms. The number of nitrogens with one attached hydrogen (secondary N) is 1. The summed E-state index contributed by atoms with van der Waals surface area (Å²) in [6.45, 7) is 6.05. The molecule has 2 N–H and O–H groups in total. The minimum atomic E-state index is -0.0444. The third-order valence-electron chi connectivity index (χ3n) is 4.16. The summed E-state index contributed by atoms with van der Waals surface area (Å²) in [5, 5.41) is 12.4. The number of aromatic hydroxyl groups is 1. The van der Waals surface area contributed by atoms with Crippen molar-refractivity contribution in [2.45, 2.75) is 38.8 Å². The zero-order chi connectivity index (χ0) is 15.9. The molecule has 0 spiro atoms. The maximum Gasteiger partial charge on any atom is 0.237 e. The number of hydrogen-bond donors (Lipinski definition) is 2. The highest BCUT2D eigenvalue weighted by molar-refractivity contribution is 7.99. The van der Waals surface area contributed by atoms with Crippen molar-refractivity contribution in [1.29, 1.82) is 0 Å². The molecule has 1 aromatic rings. The van der Waals surface area contributed by atoms with Crippen LogP contribution < -0.4 is 5.32 Å². The smallest absolute Gasteiger partial charge is 0.237 e. The summed E-state index contributed by atoms with van der Waals surface area (Å²) in [6, 6.07) is 7.37. The molecule has 1 heterocycles. The van der Waals surface area contributed by atoms with Gasteiger partial charge in [-0.3, -0.25) is 9.69 Å². The van der Waals surface area contributed by atoms with Gasteiger partial charge >= 0.3 is 0 Å². The quantitative estimate of drug-likeness (QED) is 0.843. The van der Waals surface area contributed by atoms with Gasteiger partial charge in [0.05, 0.1) is 6.04 Å². The fraction of sp³-hybridized carbons (Fsp3) is 0.588. The average Bonchev–Trinajstić information content (AvgIpc) is 2.54. The molecule has 4 nitrogen and oxygen atoms in total. The van der Waals surface area contributed by atoms with E-state index in [-0.39, 0.29) is 18.0 Å². The van der Waals surface area contributed by atoms with Crippen LogP contribution in [0.2, 0.25) is 0 Å². The number of amides is 1. The molecule has 1 amide bonds. The first-order valence-electron chi connectivity index (χ1n) is 7.96. The van der Waals surface area contributed by atoms with Gasteiger partial charge in [-0.05, 0) is 44.4 Å². The maximum absolute atomic E-state index is 12.3. The van der Waals surface area contributed by atoms with Crippen LogP contribution in [0.4, 0.5) is 0 Å². The van der Waals surface area contributed by atoms with E-state index in [1.165, 1.54) is 5.56 Å². The largest absolute Gasteiger partial charge is 0.508 e. The number of aryl methyl sites for hydroxylation is 1. The number of benzene rings is 1. The molecule has 1 aliphatic rings. The summed E-state index contributed by atoms with van der Waals surface area (Å²) in [7, 11) is 0. The number of carbonyl (C=O) groups excluding carboxylic acids is 1. The van der Waals surface area contributed by atoms with E-state index < -0.39 is 0 Å². The Hall–Kier alpha value is -1.20. The highest BCUT2D eigenvalue weighted by Gasteiger charge is 2.23. The van der Waals surface area contributed by atoms with E-state index in [1.54, 1.807) is 12.1 Å². The van der Waals surface area contributed by atoms with Gasteiger partial charge in [-0.1, -0.05) is 12.1 Å². The van der Waals surface area contributed by atoms with Crippen molar-refractivity contribution in [3.05, 3.63) is 29.8 Å². The zero-order valence-electron chi connectivity index (χ0n) is 13.4. The van der Waals surface area contributed by atoms with Gasteiger partial charge in [0.1, 0.15) is 5.75 Å². The Bertz CT molecular complexity index is 472. The van der Waals surface area contributed by atoms with Gasteiger partial charge in [0.25, 0.3) is 0 Å². The monoisotopic (exact) mass is 322 g/mol. The number of carbonyl (C=O) groups is 1. The van der Waals surface area contributed by atoms with Crippen LogP contribution in [-0.2, 0) is 11.2 Å². The minimum absolute atomic E-state index is 0.0444. The molecular formula is C17H26N2O2S. The van der Waals surface area contributed by atoms with Crippen molar-refractivity contribution < 1.29 is 9.90 Å². The SMILES string of the molecule is C[C@H](CCc1ccc(O)cc1)NC(=O)[C@H](C)N1CCSCC1. The first-order chi connectivity index (χ1) is 10.6. The van der Waals surface area contributed by atoms with Crippen molar-refractivity contribution in [3.8, 4) is 5.75 Å². The summed E-state index contributed by atoms with van der Waals surface area (Å²) < 4.78 is 0. The second kappa shape index (κ2) is 8.44. The highest BCUT2D eigenvalue weighted by atomic mass is 32.2. The van der Waals surface area contributed by atoms with Gasteiger partial charge < -0.3 is 10.4 Å². The lowest BCUT2D eigenvalue weighted by Crippen LogP contribution is -2.50. The van der Waals surface area contributed by atoms with Crippen molar-refractivity contribution in [1.82, 2.24) is 10.2 Å². The maximum atomic E-state index is 12.3. The average molecular weight is 322 g/mol. The molecule has 1 aromatic carbocycles. The second-order valence-electron chi connectivity index (χ2n) is 5.94. The van der Waals surface area contributed by atoms with E-state index >= 15 is 0 Å². The predicted molar refractivity (Wildman–Crippen MR) is 92.4 cm³/mol. The van der Waals surface area contributed by atoms with Crippen LogP contribution >= 0.6 is 11.8 Å². The first kappa shape index (κ1) is 17.2. The molecule has 0 bridgehead atoms. The Morgan fingerprint density at radius 2 is 1.91 bits per heavy atom. The Morgan fingerprint density at radius 3 is 2.55 bits per heavy atom. The topological polar surface area (TPSA) is 52.6 Å². The Balaban J connectivity index is 1.74. The number of nitrogens with zero attached hydrogens (tertiary/aromatic N) is 1. The number of rotatable bonds is 6. The summed E-state index contributed by atoms with van der Waals surface area (Å²) in [5.74, 6) is 2.66. The molecule has 1 fully saturated rings. The van der Waals surface area contributed by atoms with Gasteiger partial charge in [-0.15, -0.1) is 0 Å². The minimum Gasteiger partial charge on any atom is -0.508 e. The van der Waals surface area contributed by atoms with Crippen LogP contribution in [0.15, 0.2) is 24.3 Å². The lowest BCUT2D eigenvalue weighted by atomic mass is 10.1. The second-order valence-corrected chi connectivity index (χ2v) is 7.16. The van der Waals surface area contributed by atoms with Crippen LogP contribution in [0.25, 0.3) is 0 Å². The highest BCUT2D eigenvalue weighted by Crippen LogP contribution is 2.14. The molecule has 0 aliphatic carbocycles. The molecule has 122 valence electrons. The van der Waals surface area contributed by atoms with E-state index in [9.17, 15) is 9.90 Å². The molecule has 0 unspecified atom stereocenters. The fourth-order valence-electron chi connectivity index (χ4n) is 2.61. The van der Waals surface area contributed by atoms with Crippen LogP contribution in [0.1, 0.15) is 25.8 Å². The van der Waals surface area contributed by atoms with Crippen molar-refractivity contribution in [2.75, 3.05) is 24.6 Å². The summed E-state index contributed by atoms with van der Waals surface area (Å²) in [5.41, 5.74) is 1.18. The third kappa shape index (κ3) is 5.21. The lowest BCUT2D eigenvalue weighted by molar-refractivity contribution is -0.126. The standard InChI is InChI=1S/C17H26N2O2S/c1-13(3-4-15-5-7-16(20)8-6-15)18-17(21)14(2)19-9-11-22-12-10-19/h5-8,13-14,20H,3-4,9-12H2,1-2H3,(H,18,21)/t13-,14+/m1/s1. The molecule has 1 saturated heterocycles. The van der Waals surface area contributed by atoms with E-state index in [2.05, 4.69) is 17.1 Å². The van der Waals surface area contributed by atoms with Crippen molar-refractivity contribution >= 4 is 17.7 Å². The van der Waals surface area contributed by atoms with E-state index in [4.69, 9.17) is 0 Å². The number of phenolic OH excluding ortho intramolecular Hbond substituents is 1. The third-order valence-corrected chi connectivity index (χ3v) is 5.11. The molecule has 2 rings (SSSR count). The first-order valence-corrected chi connectivity index (χ1v) is 9.12. The lowest BCUT2D eigenvalue weighted by Gasteiger charge is -2.31. The fourth-order valence-corrected chi connectivity index (χ4v) is 3.54. The van der Waals surface area contributed by atoms with Gasteiger partial charge in [-0.2, -0.15) is 11.8 Å². The van der Waals surface area contributed by atoms with Gasteiger partial charge in [0, 0.05) is 30.6 Å². The predicted octanol–water partition coefficient (Wildman–Crippen LogP) is 2.27. The van der Waals surface area contributed by atoms with E-state index in [1.807, 2.05) is 30.8 Å². The van der Waals surface area contributed by atoms with Crippen LogP contribution in [-0.4, -0.2) is 52.6 Å². The van der Waals surface area contributed by atoms with Gasteiger partial charge in [0.15, 0.2) is 0 Å². The molecular weight excluding hydrogens is 296 g/mol. The summed E-state index contributed by atoms with van der Waals surface area (Å²) in [6.07, 6.45) is 1.80. The molecule has 0 aromatic heterocycles. The van der Waals surface area contributed by atoms with Gasteiger partial charge in [-0.25, -0.2) is 0 Å². The molecule has 1 aliphatic heterocycles. The van der Waals surface area contributed by atoms with Crippen molar-refractivity contribution in [2.24, 2.45) is 0 Å². The zero-order valence-corrected chi connectivity index (χ0v) is 14.2. The summed E-state index contributed by atoms with van der Waals surface area (Å²) >= 11 is 1.96. The molecule has 0 radical (unpaired) electrons. The number of phenols is 1. The van der Waals surface area contributed by atoms with E-state index in [0.29, 0.717) is 5.75 Å². The number of thioether (sulfide) groups is 1. The van der Waals surface area contributed by atoms with Crippen LogP contribution in [0, 0.1) is 0 Å². The molecule has 22 heavy (non-hydrogen) atoms. The van der Waals surface area contributed by atoms with Gasteiger partial charge in [0.2, 0.25) is 5.91 Å². The molecule has 0 saturated carbocycles. The van der Waals surface area contributed by atoms with Crippen LogP contribution in [0.5, 0.6) is 5.75 Å². The van der Waals surface area contributed by atoms with Crippen LogP contribution in [0.3, 0.4) is 0 Å². The summed E-state index contributed by atoms with van der Waals surface area (Å²) in [4.78, 5) is 14.6. The Kier molecular flexibility index (Phi) is 6.58. The number of hydrogen-bond acceptors (Lipinski definition) is 4. The Morgan fingerprint density at radius 1 is 1.27 bits per heavy atom.